The maximum atomic E-state index is 12.6. The van der Waals surface area contributed by atoms with Crippen LogP contribution in [0.5, 0.6) is 0 Å². The Morgan fingerprint density at radius 2 is 1.93 bits per heavy atom. The third-order valence-corrected chi connectivity index (χ3v) is 4.92. The van der Waals surface area contributed by atoms with E-state index in [1.54, 1.807) is 4.90 Å². The van der Waals surface area contributed by atoms with Gasteiger partial charge in [-0.3, -0.25) is 9.59 Å². The molecule has 0 aliphatic carbocycles. The largest absolute Gasteiger partial charge is 0.416 e. The molecule has 0 aromatic heterocycles. The van der Waals surface area contributed by atoms with Crippen LogP contribution in [-0.4, -0.2) is 47.9 Å². The van der Waals surface area contributed by atoms with E-state index in [-0.39, 0.29) is 29.9 Å². The smallest absolute Gasteiger partial charge is 0.348 e. The van der Waals surface area contributed by atoms with Crippen LogP contribution in [0.2, 0.25) is 0 Å². The highest BCUT2D eigenvalue weighted by Gasteiger charge is 2.37. The van der Waals surface area contributed by atoms with Crippen molar-refractivity contribution < 1.29 is 22.8 Å². The SMILES string of the molecule is Cl.N#C[C@@H]1CCCN1C(=O)[C@@H]1C[C@H](NC(=O)c2ccc(C(F)(F)F)cc2)CN1. The van der Waals surface area contributed by atoms with Crippen LogP contribution in [0, 0.1) is 11.3 Å². The summed E-state index contributed by atoms with van der Waals surface area (Å²) in [6.07, 6.45) is -2.61. The quantitative estimate of drug-likeness (QED) is 0.790. The summed E-state index contributed by atoms with van der Waals surface area (Å²) in [6.45, 7) is 0.936. The molecule has 3 atom stereocenters. The van der Waals surface area contributed by atoms with E-state index in [0.29, 0.717) is 25.9 Å². The Morgan fingerprint density at radius 1 is 1.25 bits per heavy atom. The minimum Gasteiger partial charge on any atom is -0.348 e. The van der Waals surface area contributed by atoms with Crippen molar-refractivity contribution in [3.8, 4) is 6.07 Å². The molecule has 0 radical (unpaired) electrons. The molecule has 2 heterocycles. The summed E-state index contributed by atoms with van der Waals surface area (Å²) < 4.78 is 37.8. The zero-order valence-electron chi connectivity index (χ0n) is 14.8. The fourth-order valence-corrected chi connectivity index (χ4v) is 3.48. The van der Waals surface area contributed by atoms with Crippen LogP contribution in [0.3, 0.4) is 0 Å². The summed E-state index contributed by atoms with van der Waals surface area (Å²) in [6, 6.07) is 4.93. The van der Waals surface area contributed by atoms with E-state index in [1.165, 1.54) is 0 Å². The summed E-state index contributed by atoms with van der Waals surface area (Å²) in [4.78, 5) is 26.3. The Morgan fingerprint density at radius 3 is 2.54 bits per heavy atom. The van der Waals surface area contributed by atoms with Gasteiger partial charge < -0.3 is 15.5 Å². The number of nitrogens with zero attached hydrogens (tertiary/aromatic N) is 2. The molecular weight excluding hydrogens is 397 g/mol. The third kappa shape index (κ3) is 4.75. The van der Waals surface area contributed by atoms with Crippen molar-refractivity contribution in [2.24, 2.45) is 0 Å². The van der Waals surface area contributed by atoms with Gasteiger partial charge in [-0.2, -0.15) is 18.4 Å². The molecule has 28 heavy (non-hydrogen) atoms. The molecule has 2 saturated heterocycles. The molecule has 1 aromatic rings. The first kappa shape index (κ1) is 22.0. The lowest BCUT2D eigenvalue weighted by Gasteiger charge is -2.23. The van der Waals surface area contributed by atoms with Gasteiger partial charge in [0.25, 0.3) is 5.91 Å². The molecule has 2 aliphatic heterocycles. The number of carbonyl (C=O) groups excluding carboxylic acids is 2. The second kappa shape index (κ2) is 8.80. The molecule has 1 aromatic carbocycles. The highest BCUT2D eigenvalue weighted by Crippen LogP contribution is 2.29. The van der Waals surface area contributed by atoms with Gasteiger partial charge in [-0.25, -0.2) is 0 Å². The van der Waals surface area contributed by atoms with Gasteiger partial charge in [-0.1, -0.05) is 0 Å². The zero-order chi connectivity index (χ0) is 19.6. The number of hydrogen-bond acceptors (Lipinski definition) is 4. The minimum absolute atomic E-state index is 0. The van der Waals surface area contributed by atoms with Crippen LogP contribution in [0.1, 0.15) is 35.2 Å². The Balaban J connectivity index is 0.00000280. The highest BCUT2D eigenvalue weighted by molar-refractivity contribution is 5.94. The molecule has 2 fully saturated rings. The van der Waals surface area contributed by atoms with Gasteiger partial charge in [0.2, 0.25) is 5.91 Å². The van der Waals surface area contributed by atoms with Gasteiger partial charge in [0.15, 0.2) is 0 Å². The number of hydrogen-bond donors (Lipinski definition) is 2. The van der Waals surface area contributed by atoms with Crippen molar-refractivity contribution in [3.05, 3.63) is 35.4 Å². The van der Waals surface area contributed by atoms with E-state index in [4.69, 9.17) is 5.26 Å². The molecule has 0 spiro atoms. The Kier molecular flexibility index (Phi) is 6.91. The van der Waals surface area contributed by atoms with Crippen molar-refractivity contribution >= 4 is 24.2 Å². The van der Waals surface area contributed by atoms with Gasteiger partial charge >= 0.3 is 6.18 Å². The molecule has 152 valence electrons. The van der Waals surface area contributed by atoms with E-state index in [1.807, 2.05) is 0 Å². The Labute approximate surface area is 166 Å². The van der Waals surface area contributed by atoms with Crippen molar-refractivity contribution in [1.29, 1.82) is 5.26 Å². The van der Waals surface area contributed by atoms with E-state index >= 15 is 0 Å². The number of alkyl halides is 3. The van der Waals surface area contributed by atoms with E-state index in [2.05, 4.69) is 16.7 Å². The van der Waals surface area contributed by atoms with Crippen molar-refractivity contribution in [3.63, 3.8) is 0 Å². The molecule has 0 saturated carbocycles. The maximum Gasteiger partial charge on any atom is 0.416 e. The van der Waals surface area contributed by atoms with Crippen LogP contribution in [-0.2, 0) is 11.0 Å². The maximum absolute atomic E-state index is 12.6. The summed E-state index contributed by atoms with van der Waals surface area (Å²) in [5.74, 6) is -0.634. The summed E-state index contributed by atoms with van der Waals surface area (Å²) in [5, 5.41) is 14.9. The van der Waals surface area contributed by atoms with Crippen LogP contribution >= 0.6 is 12.4 Å². The number of amides is 2. The summed E-state index contributed by atoms with van der Waals surface area (Å²) in [5.41, 5.74) is -0.688. The number of likely N-dealkylation sites (tertiary alicyclic amines) is 1. The van der Waals surface area contributed by atoms with E-state index in [9.17, 15) is 22.8 Å². The van der Waals surface area contributed by atoms with Crippen LogP contribution in [0.15, 0.2) is 24.3 Å². The van der Waals surface area contributed by atoms with Crippen LogP contribution < -0.4 is 10.6 Å². The van der Waals surface area contributed by atoms with Gasteiger partial charge in [-0.15, -0.1) is 12.4 Å². The molecule has 0 unspecified atom stereocenters. The van der Waals surface area contributed by atoms with Crippen molar-refractivity contribution in [1.82, 2.24) is 15.5 Å². The lowest BCUT2D eigenvalue weighted by molar-refractivity contribution is -0.137. The lowest BCUT2D eigenvalue weighted by atomic mass is 10.1. The monoisotopic (exact) mass is 416 g/mol. The van der Waals surface area contributed by atoms with Crippen molar-refractivity contribution in [2.75, 3.05) is 13.1 Å². The third-order valence-electron chi connectivity index (χ3n) is 4.92. The Bertz CT molecular complexity index is 764. The van der Waals surface area contributed by atoms with Gasteiger partial charge in [-0.05, 0) is 43.5 Å². The first-order valence-electron chi connectivity index (χ1n) is 8.71. The fourth-order valence-electron chi connectivity index (χ4n) is 3.48. The second-order valence-electron chi connectivity index (χ2n) is 6.76. The molecule has 3 rings (SSSR count). The number of nitrogens with one attached hydrogen (secondary N) is 2. The first-order chi connectivity index (χ1) is 12.8. The molecule has 2 aliphatic rings. The lowest BCUT2D eigenvalue weighted by Crippen LogP contribution is -2.45. The average Bonchev–Trinajstić information content (AvgIpc) is 3.29. The molecule has 10 heteroatoms. The van der Waals surface area contributed by atoms with Gasteiger partial charge in [0, 0.05) is 24.7 Å². The predicted octanol–water partition coefficient (Wildman–Crippen LogP) is 2.10. The number of benzene rings is 1. The zero-order valence-corrected chi connectivity index (χ0v) is 15.6. The normalized spacial score (nSPS) is 24.4. The van der Waals surface area contributed by atoms with E-state index < -0.39 is 29.7 Å². The van der Waals surface area contributed by atoms with Crippen LogP contribution in [0.25, 0.3) is 0 Å². The van der Waals surface area contributed by atoms with E-state index in [0.717, 1.165) is 30.7 Å². The molecule has 2 N–H and O–H groups in total. The number of halogens is 4. The fraction of sp³-hybridized carbons (Fsp3) is 0.500. The molecule has 6 nitrogen and oxygen atoms in total. The topological polar surface area (TPSA) is 85.2 Å². The molecule has 2 amide bonds. The van der Waals surface area contributed by atoms with Gasteiger partial charge in [0.1, 0.15) is 6.04 Å². The number of nitriles is 1. The highest BCUT2D eigenvalue weighted by atomic mass is 35.5. The Hall–Kier alpha value is -2.31. The minimum atomic E-state index is -4.45. The molecule has 0 bridgehead atoms. The summed E-state index contributed by atoms with van der Waals surface area (Å²) in [7, 11) is 0. The van der Waals surface area contributed by atoms with Crippen molar-refractivity contribution in [2.45, 2.75) is 43.6 Å². The average molecular weight is 417 g/mol. The molecular formula is C18H20ClF3N4O2. The van der Waals surface area contributed by atoms with Crippen LogP contribution in [0.4, 0.5) is 13.2 Å². The second-order valence-corrected chi connectivity index (χ2v) is 6.76. The summed E-state index contributed by atoms with van der Waals surface area (Å²) >= 11 is 0. The first-order valence-corrected chi connectivity index (χ1v) is 8.71. The number of carbonyl (C=O) groups is 2. The standard InChI is InChI=1S/C18H19F3N4O2.ClH/c19-18(20,21)12-5-3-11(4-6-12)16(26)24-13-8-15(23-10-13)17(27)25-7-1-2-14(25)9-22;/h3-6,13-15,23H,1-2,7-8,10H2,(H,24,26);1H/t13-,14-,15-;/m0./s1. The number of rotatable bonds is 3. The van der Waals surface area contributed by atoms with Gasteiger partial charge in [0.05, 0.1) is 17.7 Å². The predicted molar refractivity (Wildman–Crippen MR) is 96.7 cm³/mol.